The largest absolute Gasteiger partial charge is 0.494 e. The van der Waals surface area contributed by atoms with Crippen LogP contribution in [0.25, 0.3) is 0 Å². The normalized spacial score (nSPS) is 25.0. The molecule has 2 aromatic rings. The van der Waals surface area contributed by atoms with Gasteiger partial charge < -0.3 is 4.74 Å². The standard InChI is InChI=1S/C22H27F3N4O/c23-22(24,25)16-5-3-7-19(13-16)30-12-9-17-14-20(28-27-17)21-8-4-11-29(21)15-18-6-1-2-10-26-18/h1-3,5-7,10,13,17,20-21,27-28H,4,8-9,11-12,14-15H2. The van der Waals surface area contributed by atoms with Crippen LogP contribution in [-0.2, 0) is 12.7 Å². The van der Waals surface area contributed by atoms with E-state index in [4.69, 9.17) is 4.74 Å². The molecule has 2 aliphatic heterocycles. The molecule has 30 heavy (non-hydrogen) atoms. The maximum atomic E-state index is 12.8. The van der Waals surface area contributed by atoms with Crippen LogP contribution in [0.4, 0.5) is 13.2 Å². The molecular weight excluding hydrogens is 393 g/mol. The summed E-state index contributed by atoms with van der Waals surface area (Å²) in [6, 6.07) is 12.1. The van der Waals surface area contributed by atoms with Gasteiger partial charge in [0, 0.05) is 30.9 Å². The number of hydrogen-bond donors (Lipinski definition) is 2. The van der Waals surface area contributed by atoms with Gasteiger partial charge in [0.1, 0.15) is 5.75 Å². The molecule has 2 N–H and O–H groups in total. The maximum Gasteiger partial charge on any atom is 0.416 e. The van der Waals surface area contributed by atoms with Crippen LogP contribution in [0, 0.1) is 0 Å². The third-order valence-electron chi connectivity index (χ3n) is 5.88. The highest BCUT2D eigenvalue weighted by atomic mass is 19.4. The van der Waals surface area contributed by atoms with E-state index < -0.39 is 11.7 Å². The Bertz CT molecular complexity index is 818. The summed E-state index contributed by atoms with van der Waals surface area (Å²) in [7, 11) is 0. The molecule has 1 aromatic carbocycles. The molecule has 0 spiro atoms. The third kappa shape index (κ3) is 5.30. The molecule has 162 valence electrons. The first-order chi connectivity index (χ1) is 14.5. The van der Waals surface area contributed by atoms with E-state index in [1.54, 1.807) is 6.07 Å². The molecule has 0 saturated carbocycles. The molecule has 1 aromatic heterocycles. The molecule has 0 bridgehead atoms. The highest BCUT2D eigenvalue weighted by molar-refractivity contribution is 5.30. The summed E-state index contributed by atoms with van der Waals surface area (Å²) in [4.78, 5) is 6.93. The first-order valence-electron chi connectivity index (χ1n) is 10.4. The number of nitrogens with one attached hydrogen (secondary N) is 2. The monoisotopic (exact) mass is 420 g/mol. The van der Waals surface area contributed by atoms with E-state index in [9.17, 15) is 13.2 Å². The highest BCUT2D eigenvalue weighted by Gasteiger charge is 2.36. The molecule has 4 rings (SSSR count). The fourth-order valence-electron chi connectivity index (χ4n) is 4.38. The van der Waals surface area contributed by atoms with Crippen LogP contribution in [-0.4, -0.2) is 41.2 Å². The topological polar surface area (TPSA) is 49.4 Å². The molecule has 2 fully saturated rings. The Morgan fingerprint density at radius 1 is 1.13 bits per heavy atom. The van der Waals surface area contributed by atoms with Gasteiger partial charge in [-0.3, -0.25) is 20.7 Å². The molecule has 3 atom stereocenters. The fraction of sp³-hybridized carbons (Fsp3) is 0.500. The Labute approximate surface area is 174 Å². The minimum absolute atomic E-state index is 0.234. The summed E-state index contributed by atoms with van der Waals surface area (Å²) < 4.78 is 44.0. The van der Waals surface area contributed by atoms with Crippen LogP contribution < -0.4 is 15.6 Å². The molecule has 8 heteroatoms. The first-order valence-corrected chi connectivity index (χ1v) is 10.4. The van der Waals surface area contributed by atoms with Crippen molar-refractivity contribution in [2.24, 2.45) is 0 Å². The van der Waals surface area contributed by atoms with E-state index in [1.807, 2.05) is 18.3 Å². The van der Waals surface area contributed by atoms with E-state index in [-0.39, 0.29) is 11.8 Å². The van der Waals surface area contributed by atoms with E-state index in [0.717, 1.165) is 50.2 Å². The molecule has 0 radical (unpaired) electrons. The summed E-state index contributed by atoms with van der Waals surface area (Å²) in [5.74, 6) is 0.254. The molecule has 0 aliphatic carbocycles. The molecule has 3 unspecified atom stereocenters. The predicted octanol–water partition coefficient (Wildman–Crippen LogP) is 3.77. The Hall–Kier alpha value is -2.16. The highest BCUT2D eigenvalue weighted by Crippen LogP contribution is 2.31. The van der Waals surface area contributed by atoms with Gasteiger partial charge in [-0.2, -0.15) is 13.2 Å². The van der Waals surface area contributed by atoms with Crippen LogP contribution in [0.15, 0.2) is 48.7 Å². The van der Waals surface area contributed by atoms with Gasteiger partial charge in [-0.05, 0) is 62.6 Å². The van der Waals surface area contributed by atoms with Crippen LogP contribution in [0.3, 0.4) is 0 Å². The van der Waals surface area contributed by atoms with Crippen molar-refractivity contribution in [1.29, 1.82) is 0 Å². The number of aromatic nitrogens is 1. The van der Waals surface area contributed by atoms with Crippen LogP contribution >= 0.6 is 0 Å². The molecular formula is C22H27F3N4O. The van der Waals surface area contributed by atoms with E-state index >= 15 is 0 Å². The lowest BCUT2D eigenvalue weighted by Crippen LogP contribution is -2.45. The van der Waals surface area contributed by atoms with Gasteiger partial charge in [-0.15, -0.1) is 0 Å². The second-order valence-electron chi connectivity index (χ2n) is 7.99. The fourth-order valence-corrected chi connectivity index (χ4v) is 4.38. The van der Waals surface area contributed by atoms with Crippen molar-refractivity contribution in [3.05, 3.63) is 59.9 Å². The molecule has 2 aliphatic rings. The van der Waals surface area contributed by atoms with Gasteiger partial charge in [0.2, 0.25) is 0 Å². The van der Waals surface area contributed by atoms with Crippen molar-refractivity contribution < 1.29 is 17.9 Å². The Morgan fingerprint density at radius 2 is 2.03 bits per heavy atom. The van der Waals surface area contributed by atoms with Crippen LogP contribution in [0.2, 0.25) is 0 Å². The number of halogens is 3. The van der Waals surface area contributed by atoms with Gasteiger partial charge in [0.05, 0.1) is 17.9 Å². The Balaban J connectivity index is 1.25. The Morgan fingerprint density at radius 3 is 2.83 bits per heavy atom. The van der Waals surface area contributed by atoms with E-state index in [1.165, 1.54) is 12.5 Å². The number of likely N-dealkylation sites (tertiary alicyclic amines) is 1. The number of alkyl halides is 3. The minimum Gasteiger partial charge on any atom is -0.494 e. The summed E-state index contributed by atoms with van der Waals surface area (Å²) in [6.45, 7) is 2.30. The average Bonchev–Trinajstić information content (AvgIpc) is 3.38. The lowest BCUT2D eigenvalue weighted by Gasteiger charge is -2.28. The zero-order valence-corrected chi connectivity index (χ0v) is 16.7. The lowest BCUT2D eigenvalue weighted by molar-refractivity contribution is -0.137. The minimum atomic E-state index is -4.36. The summed E-state index contributed by atoms with van der Waals surface area (Å²) in [6.07, 6.45) is 1.50. The molecule has 3 heterocycles. The van der Waals surface area contributed by atoms with Gasteiger partial charge >= 0.3 is 6.18 Å². The van der Waals surface area contributed by atoms with E-state index in [2.05, 4.69) is 26.8 Å². The van der Waals surface area contributed by atoms with Crippen molar-refractivity contribution in [3.63, 3.8) is 0 Å². The summed E-state index contributed by atoms with van der Waals surface area (Å²) in [5.41, 5.74) is 7.16. The predicted molar refractivity (Wildman–Crippen MR) is 108 cm³/mol. The van der Waals surface area contributed by atoms with Gasteiger partial charge in [-0.25, -0.2) is 0 Å². The number of hydrazine groups is 1. The van der Waals surface area contributed by atoms with Gasteiger partial charge in [0.25, 0.3) is 0 Å². The number of ether oxygens (including phenoxy) is 1. The SMILES string of the molecule is FC(F)(F)c1cccc(OCCC2CC(C3CCCN3Cc3ccccn3)NN2)c1. The average molecular weight is 420 g/mol. The molecule has 5 nitrogen and oxygen atoms in total. The Kier molecular flexibility index (Phi) is 6.55. The van der Waals surface area contributed by atoms with Crippen molar-refractivity contribution >= 4 is 0 Å². The summed E-state index contributed by atoms with van der Waals surface area (Å²) in [5, 5.41) is 0. The first kappa shape index (κ1) is 21.1. The van der Waals surface area contributed by atoms with Crippen LogP contribution in [0.1, 0.15) is 36.9 Å². The molecule has 0 amide bonds. The number of hydrogen-bond acceptors (Lipinski definition) is 5. The zero-order valence-electron chi connectivity index (χ0n) is 16.7. The third-order valence-corrected chi connectivity index (χ3v) is 5.88. The van der Waals surface area contributed by atoms with Crippen LogP contribution in [0.5, 0.6) is 5.75 Å². The van der Waals surface area contributed by atoms with Gasteiger partial charge in [0.15, 0.2) is 0 Å². The van der Waals surface area contributed by atoms with Crippen molar-refractivity contribution in [3.8, 4) is 5.75 Å². The van der Waals surface area contributed by atoms with Crippen molar-refractivity contribution in [1.82, 2.24) is 20.7 Å². The van der Waals surface area contributed by atoms with Gasteiger partial charge in [-0.1, -0.05) is 12.1 Å². The summed E-state index contributed by atoms with van der Waals surface area (Å²) >= 11 is 0. The lowest BCUT2D eigenvalue weighted by atomic mass is 9.99. The van der Waals surface area contributed by atoms with Crippen molar-refractivity contribution in [2.75, 3.05) is 13.2 Å². The zero-order chi connectivity index (χ0) is 21.0. The quantitative estimate of drug-likeness (QED) is 0.714. The number of benzene rings is 1. The smallest absolute Gasteiger partial charge is 0.416 e. The number of rotatable bonds is 7. The second kappa shape index (κ2) is 9.32. The number of pyridine rings is 1. The number of nitrogens with zero attached hydrogens (tertiary/aromatic N) is 2. The maximum absolute atomic E-state index is 12.8. The second-order valence-corrected chi connectivity index (χ2v) is 7.99. The van der Waals surface area contributed by atoms with E-state index in [0.29, 0.717) is 18.7 Å². The molecule has 2 saturated heterocycles. The van der Waals surface area contributed by atoms with Crippen molar-refractivity contribution in [2.45, 2.75) is 56.5 Å².